The molecule has 1 aromatic carbocycles. The van der Waals surface area contributed by atoms with Crippen LogP contribution in [0, 0.1) is 0 Å². The van der Waals surface area contributed by atoms with Gasteiger partial charge in [-0.15, -0.1) is 16.8 Å². The van der Waals surface area contributed by atoms with Crippen molar-refractivity contribution in [3.8, 4) is 5.75 Å². The van der Waals surface area contributed by atoms with Crippen molar-refractivity contribution in [1.29, 1.82) is 0 Å². The normalized spacial score (nSPS) is 17.4. The molecule has 1 aliphatic rings. The number of amides is 1. The third-order valence-corrected chi connectivity index (χ3v) is 5.30. The van der Waals surface area contributed by atoms with E-state index in [1.165, 1.54) is 28.1 Å². The molecule has 1 amide bonds. The van der Waals surface area contributed by atoms with Gasteiger partial charge in [0.2, 0.25) is 5.13 Å². The second-order valence-electron chi connectivity index (χ2n) is 5.19. The molecule has 0 radical (unpaired) electrons. The van der Waals surface area contributed by atoms with Crippen LogP contribution in [0.5, 0.6) is 5.75 Å². The topological polar surface area (TPSA) is 90.7 Å². The van der Waals surface area contributed by atoms with Crippen LogP contribution in [0.1, 0.15) is 17.5 Å². The van der Waals surface area contributed by atoms with Crippen molar-refractivity contribution in [1.82, 2.24) is 20.6 Å². The summed E-state index contributed by atoms with van der Waals surface area (Å²) in [6.45, 7) is 6.06. The molecular weight excluding hydrogens is 370 g/mol. The number of rotatable bonds is 6. The Kier molecular flexibility index (Phi) is 5.82. The first-order valence-electron chi connectivity index (χ1n) is 7.89. The van der Waals surface area contributed by atoms with Gasteiger partial charge in [0.1, 0.15) is 10.8 Å². The number of phenols is 1. The number of nitrogens with zero attached hydrogens (tertiary/aromatic N) is 4. The first-order chi connectivity index (χ1) is 12.6. The van der Waals surface area contributed by atoms with E-state index in [9.17, 15) is 9.90 Å². The summed E-state index contributed by atoms with van der Waals surface area (Å²) in [7, 11) is 0. The standard InChI is InChI=1S/C17H17N5O2S2/c1-3-9-18-22-15(24)13(10-11-7-5-6-8-12(11)23)25-17(22)19-16-21-20-14(4-2)26-16/h3,5-8,10,18,23H,1,4,9H2,2H3/b13-10+,19-17?. The second kappa shape index (κ2) is 8.26. The molecule has 1 saturated heterocycles. The van der Waals surface area contributed by atoms with Crippen molar-refractivity contribution >= 4 is 45.4 Å². The summed E-state index contributed by atoms with van der Waals surface area (Å²) in [6.07, 6.45) is 4.08. The fourth-order valence-electron chi connectivity index (χ4n) is 2.11. The zero-order valence-corrected chi connectivity index (χ0v) is 15.7. The first kappa shape index (κ1) is 18.3. The number of carbonyl (C=O) groups excluding carboxylic acids is 1. The maximum atomic E-state index is 12.7. The second-order valence-corrected chi connectivity index (χ2v) is 7.24. The van der Waals surface area contributed by atoms with E-state index in [1.807, 2.05) is 6.92 Å². The van der Waals surface area contributed by atoms with Gasteiger partial charge in [-0.2, -0.15) is 4.99 Å². The fourth-order valence-corrected chi connectivity index (χ4v) is 3.75. The van der Waals surface area contributed by atoms with Crippen LogP contribution in [0.15, 0.2) is 46.8 Å². The van der Waals surface area contributed by atoms with Gasteiger partial charge in [-0.25, -0.2) is 10.4 Å². The van der Waals surface area contributed by atoms with Gasteiger partial charge in [0.15, 0.2) is 5.17 Å². The van der Waals surface area contributed by atoms with Gasteiger partial charge in [0.25, 0.3) is 5.91 Å². The quantitative estimate of drug-likeness (QED) is 0.585. The number of thioether (sulfide) groups is 1. The van der Waals surface area contributed by atoms with Crippen molar-refractivity contribution in [2.75, 3.05) is 6.54 Å². The zero-order valence-electron chi connectivity index (χ0n) is 14.0. The molecule has 0 spiro atoms. The van der Waals surface area contributed by atoms with Crippen LogP contribution in [0.25, 0.3) is 6.08 Å². The molecule has 0 aliphatic carbocycles. The molecule has 26 heavy (non-hydrogen) atoms. The lowest BCUT2D eigenvalue weighted by molar-refractivity contribution is -0.124. The van der Waals surface area contributed by atoms with E-state index < -0.39 is 0 Å². The van der Waals surface area contributed by atoms with E-state index in [-0.39, 0.29) is 11.7 Å². The molecule has 3 rings (SSSR count). The van der Waals surface area contributed by atoms with Crippen LogP contribution < -0.4 is 5.43 Å². The van der Waals surface area contributed by atoms with Gasteiger partial charge >= 0.3 is 0 Å². The highest BCUT2D eigenvalue weighted by molar-refractivity contribution is 8.18. The van der Waals surface area contributed by atoms with Crippen molar-refractivity contribution in [3.05, 3.63) is 52.4 Å². The van der Waals surface area contributed by atoms with E-state index in [0.29, 0.717) is 27.3 Å². The van der Waals surface area contributed by atoms with Gasteiger partial charge in [-0.05, 0) is 30.3 Å². The van der Waals surface area contributed by atoms with Gasteiger partial charge in [0.05, 0.1) is 4.91 Å². The number of nitrogens with one attached hydrogen (secondary N) is 1. The Morgan fingerprint density at radius 2 is 2.19 bits per heavy atom. The van der Waals surface area contributed by atoms with Crippen LogP contribution in [0.3, 0.4) is 0 Å². The third-order valence-electron chi connectivity index (χ3n) is 3.37. The summed E-state index contributed by atoms with van der Waals surface area (Å²) in [5.74, 6) is -0.139. The van der Waals surface area contributed by atoms with Crippen LogP contribution in [-0.2, 0) is 11.2 Å². The maximum absolute atomic E-state index is 12.7. The molecule has 0 saturated carbocycles. The van der Waals surface area contributed by atoms with Crippen molar-refractivity contribution < 1.29 is 9.90 Å². The van der Waals surface area contributed by atoms with E-state index in [2.05, 4.69) is 27.2 Å². The number of aromatic hydroxyl groups is 1. The number of phenolic OH excluding ortho intramolecular Hbond substituents is 1. The lowest BCUT2D eigenvalue weighted by Crippen LogP contribution is -2.41. The van der Waals surface area contributed by atoms with E-state index >= 15 is 0 Å². The number of aromatic nitrogens is 2. The Hall–Kier alpha value is -2.49. The number of benzene rings is 1. The average Bonchev–Trinajstić information content (AvgIpc) is 3.21. The van der Waals surface area contributed by atoms with Crippen LogP contribution in [0.4, 0.5) is 5.13 Å². The maximum Gasteiger partial charge on any atom is 0.281 e. The molecular formula is C17H17N5O2S2. The Morgan fingerprint density at radius 3 is 2.88 bits per heavy atom. The predicted octanol–water partition coefficient (Wildman–Crippen LogP) is 3.10. The highest BCUT2D eigenvalue weighted by Gasteiger charge is 2.34. The molecule has 0 unspecified atom stereocenters. The first-order valence-corrected chi connectivity index (χ1v) is 9.53. The van der Waals surface area contributed by atoms with E-state index in [4.69, 9.17) is 0 Å². The SMILES string of the molecule is C=CCNN1C(=O)/C(=C\c2ccccc2O)SC1=Nc1nnc(CC)s1. The van der Waals surface area contributed by atoms with Gasteiger partial charge in [0, 0.05) is 12.1 Å². The van der Waals surface area contributed by atoms with Crippen molar-refractivity contribution in [2.45, 2.75) is 13.3 Å². The Bertz CT molecular complexity index is 891. The molecule has 2 aromatic rings. The summed E-state index contributed by atoms with van der Waals surface area (Å²) in [5, 5.41) is 21.2. The summed E-state index contributed by atoms with van der Waals surface area (Å²) in [5.41, 5.74) is 3.54. The van der Waals surface area contributed by atoms with Crippen molar-refractivity contribution in [2.24, 2.45) is 4.99 Å². The molecule has 0 bridgehead atoms. The van der Waals surface area contributed by atoms with Gasteiger partial charge in [-0.1, -0.05) is 42.5 Å². The minimum absolute atomic E-state index is 0.112. The van der Waals surface area contributed by atoms with Gasteiger partial charge < -0.3 is 5.11 Å². The Balaban J connectivity index is 1.94. The molecule has 9 heteroatoms. The van der Waals surface area contributed by atoms with E-state index in [0.717, 1.165) is 11.4 Å². The Labute approximate surface area is 159 Å². The number of para-hydroxylation sites is 1. The lowest BCUT2D eigenvalue weighted by atomic mass is 10.2. The number of carbonyl (C=O) groups is 1. The lowest BCUT2D eigenvalue weighted by Gasteiger charge is -2.14. The summed E-state index contributed by atoms with van der Waals surface area (Å²) >= 11 is 2.60. The average molecular weight is 387 g/mol. The number of amidine groups is 1. The minimum atomic E-state index is -0.251. The molecule has 7 nitrogen and oxygen atoms in total. The fraction of sp³-hybridized carbons (Fsp3) is 0.176. The summed E-state index contributed by atoms with van der Waals surface area (Å²) in [6, 6.07) is 6.84. The molecule has 134 valence electrons. The number of aliphatic imine (C=N–C) groups is 1. The number of hydrogen-bond donors (Lipinski definition) is 2. The van der Waals surface area contributed by atoms with Crippen molar-refractivity contribution in [3.63, 3.8) is 0 Å². The molecule has 1 aromatic heterocycles. The monoisotopic (exact) mass is 387 g/mol. The van der Waals surface area contributed by atoms with E-state index in [1.54, 1.807) is 36.4 Å². The summed E-state index contributed by atoms with van der Waals surface area (Å²) in [4.78, 5) is 17.6. The van der Waals surface area contributed by atoms with Gasteiger partial charge in [-0.3, -0.25) is 4.79 Å². The van der Waals surface area contributed by atoms with Crippen LogP contribution >= 0.6 is 23.1 Å². The smallest absolute Gasteiger partial charge is 0.281 e. The molecule has 1 fully saturated rings. The predicted molar refractivity (Wildman–Crippen MR) is 105 cm³/mol. The Morgan fingerprint density at radius 1 is 1.38 bits per heavy atom. The highest BCUT2D eigenvalue weighted by Crippen LogP contribution is 2.34. The molecule has 2 N–H and O–H groups in total. The summed E-state index contributed by atoms with van der Waals surface area (Å²) < 4.78 is 0. The highest BCUT2D eigenvalue weighted by atomic mass is 32.2. The number of hydrazine groups is 1. The largest absolute Gasteiger partial charge is 0.507 e. The number of hydrogen-bond acceptors (Lipinski definition) is 8. The minimum Gasteiger partial charge on any atom is -0.507 e. The molecule has 1 aliphatic heterocycles. The van der Waals surface area contributed by atoms with Crippen LogP contribution in [0.2, 0.25) is 0 Å². The third kappa shape index (κ3) is 4.01. The molecule has 2 heterocycles. The number of aryl methyl sites for hydroxylation is 1. The molecule has 0 atom stereocenters. The zero-order chi connectivity index (χ0) is 18.5. The van der Waals surface area contributed by atoms with Crippen LogP contribution in [-0.4, -0.2) is 37.9 Å².